The Kier molecular flexibility index (Phi) is 6.12. The largest absolute Gasteiger partial charge is 0.489 e. The Hall–Kier alpha value is -2.89. The van der Waals surface area contributed by atoms with Crippen molar-refractivity contribution in [3.63, 3.8) is 0 Å². The zero-order chi connectivity index (χ0) is 25.8. The highest BCUT2D eigenvalue weighted by Crippen LogP contribution is 2.55. The van der Waals surface area contributed by atoms with Gasteiger partial charge < -0.3 is 20.1 Å². The fraction of sp³-hybridized carbons (Fsp3) is 0.556. The fourth-order valence-electron chi connectivity index (χ4n) is 6.93. The quantitative estimate of drug-likeness (QED) is 0.608. The standard InChI is InChI=1S/C27H32ClN5O3/c1-26(2)23(27(3,4)24(26)36-20-6-5-15(10-29)21(28)9-20)32-22(35)18-11-30-25(31-12-18)33-13-16-7-19(33)8-17(16)14-34/h5-6,9,11-12,16-17,19,23-24,34H,7-8,13-14H2,1-4H3,(H,32,35)/t16-,17+,19-,23?,24?/m1/s1. The number of nitriles is 1. The molecule has 3 fully saturated rings. The van der Waals surface area contributed by atoms with Crippen molar-refractivity contribution in [3.05, 3.63) is 46.7 Å². The molecule has 8 nitrogen and oxygen atoms in total. The van der Waals surface area contributed by atoms with Crippen molar-refractivity contribution < 1.29 is 14.6 Å². The summed E-state index contributed by atoms with van der Waals surface area (Å²) < 4.78 is 6.30. The highest BCUT2D eigenvalue weighted by atomic mass is 35.5. The molecule has 36 heavy (non-hydrogen) atoms. The molecule has 1 aromatic carbocycles. The summed E-state index contributed by atoms with van der Waals surface area (Å²) in [5, 5.41) is 22.2. The number of hydrogen-bond donors (Lipinski definition) is 2. The zero-order valence-electron chi connectivity index (χ0n) is 21.0. The molecule has 1 saturated heterocycles. The highest BCUT2D eigenvalue weighted by Gasteiger charge is 2.64. The van der Waals surface area contributed by atoms with Crippen molar-refractivity contribution in [1.29, 1.82) is 5.26 Å². The number of carbonyl (C=O) groups is 1. The number of nitrogens with zero attached hydrogens (tertiary/aromatic N) is 4. The number of benzene rings is 1. The third kappa shape index (κ3) is 3.99. The van der Waals surface area contributed by atoms with Crippen LogP contribution in [0.15, 0.2) is 30.6 Å². The van der Waals surface area contributed by atoms with E-state index in [9.17, 15) is 9.90 Å². The van der Waals surface area contributed by atoms with Gasteiger partial charge in [-0.05, 0) is 36.8 Å². The first-order valence-corrected chi connectivity index (χ1v) is 12.8. The molecule has 2 saturated carbocycles. The number of ether oxygens (including phenoxy) is 1. The van der Waals surface area contributed by atoms with Crippen molar-refractivity contribution in [2.24, 2.45) is 22.7 Å². The topological polar surface area (TPSA) is 111 Å². The minimum Gasteiger partial charge on any atom is -0.489 e. The Morgan fingerprint density at radius 2 is 1.94 bits per heavy atom. The molecule has 3 aliphatic rings. The average Bonchev–Trinajstić information content (AvgIpc) is 3.46. The predicted octanol–water partition coefficient (Wildman–Crippen LogP) is 3.82. The van der Waals surface area contributed by atoms with Gasteiger partial charge in [-0.25, -0.2) is 9.97 Å². The van der Waals surface area contributed by atoms with Gasteiger partial charge in [0.2, 0.25) is 5.95 Å². The summed E-state index contributed by atoms with van der Waals surface area (Å²) in [7, 11) is 0. The molecule has 2 N–H and O–H groups in total. The number of nitrogens with one attached hydrogen (secondary N) is 1. The van der Waals surface area contributed by atoms with Crippen LogP contribution in [0.2, 0.25) is 5.02 Å². The first-order chi connectivity index (χ1) is 17.1. The van der Waals surface area contributed by atoms with Crippen LogP contribution in [0, 0.1) is 34.0 Å². The second-order valence-electron chi connectivity index (χ2n) is 11.6. The van der Waals surface area contributed by atoms with Crippen molar-refractivity contribution >= 4 is 23.5 Å². The van der Waals surface area contributed by atoms with Crippen molar-refractivity contribution in [2.45, 2.75) is 58.7 Å². The van der Waals surface area contributed by atoms with Gasteiger partial charge in [0, 0.05) is 54.5 Å². The molecule has 2 heterocycles. The lowest BCUT2D eigenvalue weighted by Gasteiger charge is -2.63. The number of aliphatic hydroxyl groups is 1. The SMILES string of the molecule is CC1(C)C(NC(=O)c2cnc(N3C[C@H]4C[C@@H]3C[C@H]4CO)nc2)C(C)(C)C1Oc1ccc(C#N)c(Cl)c1. The molecular formula is C27H32ClN5O3. The fourth-order valence-corrected chi connectivity index (χ4v) is 7.14. The second kappa shape index (κ2) is 8.89. The number of carbonyl (C=O) groups excluding carboxylic acids is 1. The first-order valence-electron chi connectivity index (χ1n) is 12.4. The summed E-state index contributed by atoms with van der Waals surface area (Å²) in [6.07, 6.45) is 5.06. The number of halogens is 1. The third-order valence-electron chi connectivity index (χ3n) is 8.51. The molecule has 5 rings (SSSR count). The summed E-state index contributed by atoms with van der Waals surface area (Å²) >= 11 is 6.18. The zero-order valence-corrected chi connectivity index (χ0v) is 21.8. The van der Waals surface area contributed by atoms with Gasteiger partial charge in [-0.15, -0.1) is 0 Å². The lowest BCUT2D eigenvalue weighted by Crippen LogP contribution is -2.74. The van der Waals surface area contributed by atoms with Gasteiger partial charge in [0.1, 0.15) is 17.9 Å². The summed E-state index contributed by atoms with van der Waals surface area (Å²) in [5.74, 6) is 1.90. The van der Waals surface area contributed by atoms with E-state index in [1.165, 1.54) is 0 Å². The lowest BCUT2D eigenvalue weighted by atomic mass is 9.49. The number of rotatable bonds is 6. The molecule has 190 valence electrons. The number of fused-ring (bicyclic) bond motifs is 2. The van der Waals surface area contributed by atoms with E-state index in [-0.39, 0.29) is 35.5 Å². The number of aliphatic hydroxyl groups excluding tert-OH is 1. The summed E-state index contributed by atoms with van der Waals surface area (Å²) in [4.78, 5) is 24.3. The molecule has 2 aliphatic carbocycles. The van der Waals surface area contributed by atoms with Gasteiger partial charge in [0.15, 0.2) is 0 Å². The second-order valence-corrected chi connectivity index (χ2v) is 12.0. The number of anilines is 1. The van der Waals surface area contributed by atoms with Gasteiger partial charge in [-0.3, -0.25) is 4.79 Å². The average molecular weight is 510 g/mol. The smallest absolute Gasteiger partial charge is 0.254 e. The van der Waals surface area contributed by atoms with Gasteiger partial charge in [-0.1, -0.05) is 39.3 Å². The van der Waals surface area contributed by atoms with E-state index in [0.29, 0.717) is 45.7 Å². The van der Waals surface area contributed by atoms with Crippen LogP contribution in [0.3, 0.4) is 0 Å². The van der Waals surface area contributed by atoms with E-state index in [0.717, 1.165) is 19.4 Å². The highest BCUT2D eigenvalue weighted by molar-refractivity contribution is 6.31. The predicted molar refractivity (Wildman–Crippen MR) is 136 cm³/mol. The van der Waals surface area contributed by atoms with Crippen molar-refractivity contribution in [3.8, 4) is 11.8 Å². The Morgan fingerprint density at radius 1 is 1.25 bits per heavy atom. The first kappa shape index (κ1) is 24.8. The normalized spacial score (nSPS) is 29.4. The maximum Gasteiger partial charge on any atom is 0.254 e. The van der Waals surface area contributed by atoms with Crippen LogP contribution in [0.5, 0.6) is 5.75 Å². The van der Waals surface area contributed by atoms with E-state index in [1.807, 2.05) is 0 Å². The van der Waals surface area contributed by atoms with Crippen LogP contribution in [-0.4, -0.2) is 52.3 Å². The van der Waals surface area contributed by atoms with E-state index in [2.05, 4.69) is 53.9 Å². The molecule has 2 bridgehead atoms. The number of amides is 1. The Labute approximate surface area is 216 Å². The maximum atomic E-state index is 13.1. The van der Waals surface area contributed by atoms with Crippen LogP contribution in [-0.2, 0) is 0 Å². The number of aromatic nitrogens is 2. The monoisotopic (exact) mass is 509 g/mol. The Bertz CT molecular complexity index is 1190. The van der Waals surface area contributed by atoms with E-state index in [4.69, 9.17) is 21.6 Å². The summed E-state index contributed by atoms with van der Waals surface area (Å²) in [6.45, 7) is 9.39. The van der Waals surface area contributed by atoms with Crippen LogP contribution >= 0.6 is 11.6 Å². The molecule has 2 aromatic rings. The molecular weight excluding hydrogens is 478 g/mol. The summed E-state index contributed by atoms with van der Waals surface area (Å²) in [6, 6.07) is 7.34. The van der Waals surface area contributed by atoms with Crippen molar-refractivity contribution in [2.75, 3.05) is 18.1 Å². The molecule has 0 spiro atoms. The molecule has 1 amide bonds. The molecule has 0 unspecified atom stereocenters. The number of piperidine rings is 1. The van der Waals surface area contributed by atoms with Gasteiger partial charge in [-0.2, -0.15) is 5.26 Å². The molecule has 1 aliphatic heterocycles. The summed E-state index contributed by atoms with van der Waals surface area (Å²) in [5.41, 5.74) is 0.129. The molecule has 0 radical (unpaired) electrons. The van der Waals surface area contributed by atoms with Crippen LogP contribution in [0.4, 0.5) is 5.95 Å². The minimum atomic E-state index is -0.349. The van der Waals surface area contributed by atoms with Gasteiger partial charge in [0.25, 0.3) is 5.91 Å². The van der Waals surface area contributed by atoms with Crippen LogP contribution in [0.1, 0.15) is 56.5 Å². The van der Waals surface area contributed by atoms with Crippen LogP contribution in [0.25, 0.3) is 0 Å². The van der Waals surface area contributed by atoms with E-state index < -0.39 is 0 Å². The lowest BCUT2D eigenvalue weighted by molar-refractivity contribution is -0.164. The maximum absolute atomic E-state index is 13.1. The van der Waals surface area contributed by atoms with E-state index in [1.54, 1.807) is 30.6 Å². The van der Waals surface area contributed by atoms with Gasteiger partial charge in [0.05, 0.1) is 16.1 Å². The molecule has 1 aromatic heterocycles. The molecule has 3 atom stereocenters. The Morgan fingerprint density at radius 3 is 2.50 bits per heavy atom. The van der Waals surface area contributed by atoms with Crippen LogP contribution < -0.4 is 15.0 Å². The minimum absolute atomic E-state index is 0.138. The third-order valence-corrected chi connectivity index (χ3v) is 8.82. The van der Waals surface area contributed by atoms with E-state index >= 15 is 0 Å². The van der Waals surface area contributed by atoms with Crippen molar-refractivity contribution in [1.82, 2.24) is 15.3 Å². The van der Waals surface area contributed by atoms with Gasteiger partial charge >= 0.3 is 0 Å². The Balaban J connectivity index is 1.24. The molecule has 9 heteroatoms. The number of hydrogen-bond acceptors (Lipinski definition) is 7.